The zero-order valence-corrected chi connectivity index (χ0v) is 27.6. The second kappa shape index (κ2) is 13.5. The Balaban J connectivity index is 2.74. The van der Waals surface area contributed by atoms with Gasteiger partial charge in [0.25, 0.3) is 0 Å². The first-order chi connectivity index (χ1) is 19.2. The monoisotopic (exact) mass is 604 g/mol. The maximum Gasteiger partial charge on any atom is 0.419 e. The van der Waals surface area contributed by atoms with Crippen LogP contribution in [0.2, 0.25) is 0 Å². The molecule has 9 nitrogen and oxygen atoms in total. The maximum atomic E-state index is 14.1. The molecule has 1 saturated heterocycles. The van der Waals surface area contributed by atoms with Gasteiger partial charge in [-0.2, -0.15) is 11.8 Å². The van der Waals surface area contributed by atoms with Gasteiger partial charge in [0, 0.05) is 18.6 Å². The van der Waals surface area contributed by atoms with Gasteiger partial charge >= 0.3 is 18.2 Å². The minimum absolute atomic E-state index is 0.0770. The molecule has 1 fully saturated rings. The van der Waals surface area contributed by atoms with Crippen LogP contribution in [0.3, 0.4) is 0 Å². The predicted molar refractivity (Wildman–Crippen MR) is 165 cm³/mol. The number of rotatable bonds is 8. The first-order valence-corrected chi connectivity index (χ1v) is 15.4. The molecule has 1 heterocycles. The summed E-state index contributed by atoms with van der Waals surface area (Å²) in [5, 5.41) is 0. The van der Waals surface area contributed by atoms with Gasteiger partial charge in [0.2, 0.25) is 5.91 Å². The van der Waals surface area contributed by atoms with Crippen molar-refractivity contribution in [3.05, 3.63) is 48.6 Å². The Morgan fingerprint density at radius 2 is 1.50 bits per heavy atom. The second-order valence-corrected chi connectivity index (χ2v) is 14.6. The van der Waals surface area contributed by atoms with Crippen LogP contribution in [0, 0.1) is 5.92 Å². The smallest absolute Gasteiger partial charge is 0.419 e. The molecule has 1 aromatic rings. The highest BCUT2D eigenvalue weighted by molar-refractivity contribution is 7.98. The van der Waals surface area contributed by atoms with E-state index in [0.717, 1.165) is 10.5 Å². The number of hydrogen-bond donors (Lipinski definition) is 0. The minimum Gasteiger partial charge on any atom is -0.458 e. The fourth-order valence-corrected chi connectivity index (χ4v) is 6.00. The van der Waals surface area contributed by atoms with Gasteiger partial charge in [0.1, 0.15) is 28.5 Å². The molecule has 1 aromatic carbocycles. The lowest BCUT2D eigenvalue weighted by molar-refractivity contribution is -0.166. The van der Waals surface area contributed by atoms with Gasteiger partial charge in [0.15, 0.2) is 0 Å². The highest BCUT2D eigenvalue weighted by atomic mass is 32.2. The van der Waals surface area contributed by atoms with Crippen LogP contribution in [0.25, 0.3) is 0 Å². The van der Waals surface area contributed by atoms with Crippen LogP contribution < -0.4 is 0 Å². The van der Waals surface area contributed by atoms with Crippen molar-refractivity contribution in [1.29, 1.82) is 0 Å². The van der Waals surface area contributed by atoms with Crippen molar-refractivity contribution in [2.75, 3.05) is 5.75 Å². The highest BCUT2D eigenvalue weighted by Gasteiger charge is 2.63. The van der Waals surface area contributed by atoms with E-state index in [1.165, 1.54) is 11.8 Å². The molecular formula is C32H48N2O7S. The van der Waals surface area contributed by atoms with Gasteiger partial charge in [-0.05, 0) is 86.5 Å². The van der Waals surface area contributed by atoms with Gasteiger partial charge in [-0.25, -0.2) is 19.3 Å². The van der Waals surface area contributed by atoms with Crippen LogP contribution in [-0.4, -0.2) is 68.1 Å². The lowest BCUT2D eigenvalue weighted by Gasteiger charge is -2.48. The van der Waals surface area contributed by atoms with Crippen LogP contribution in [0.4, 0.5) is 9.59 Å². The summed E-state index contributed by atoms with van der Waals surface area (Å²) in [5.41, 5.74) is -3.25. The first kappa shape index (κ1) is 35.2. The van der Waals surface area contributed by atoms with E-state index in [2.05, 4.69) is 6.58 Å². The molecule has 0 N–H and O–H groups in total. The maximum absolute atomic E-state index is 14.1. The molecule has 1 unspecified atom stereocenters. The number of benzene rings is 1. The molecule has 1 aliphatic rings. The number of carbonyl (C=O) groups excluding carboxylic acids is 4. The fourth-order valence-electron chi connectivity index (χ4n) is 4.98. The number of imide groups is 1. The van der Waals surface area contributed by atoms with Gasteiger partial charge in [-0.1, -0.05) is 36.4 Å². The van der Waals surface area contributed by atoms with Crippen molar-refractivity contribution in [2.24, 2.45) is 5.92 Å². The number of nitrogens with zero attached hydrogens (tertiary/aromatic N) is 2. The van der Waals surface area contributed by atoms with E-state index in [4.69, 9.17) is 14.2 Å². The van der Waals surface area contributed by atoms with Gasteiger partial charge < -0.3 is 14.2 Å². The molecule has 1 aliphatic heterocycles. The second-order valence-electron chi connectivity index (χ2n) is 13.5. The normalized spacial score (nSPS) is 21.0. The Kier molecular flexibility index (Phi) is 11.3. The summed E-state index contributed by atoms with van der Waals surface area (Å²) in [5.74, 6) is -0.874. The highest BCUT2D eigenvalue weighted by Crippen LogP contribution is 2.47. The lowest BCUT2D eigenvalue weighted by atomic mass is 9.88. The van der Waals surface area contributed by atoms with Gasteiger partial charge in [0.05, 0.1) is 0 Å². The van der Waals surface area contributed by atoms with Crippen LogP contribution in [0.15, 0.2) is 43.0 Å². The van der Waals surface area contributed by atoms with Crippen LogP contribution in [0.5, 0.6) is 0 Å². The van der Waals surface area contributed by atoms with E-state index in [0.29, 0.717) is 11.5 Å². The SMILES string of the molecule is C=C[C@@H]1CC(C(=O)OC(C)(C)C)N(C(=O)OC(C)(C)C)[C@]1(CCSCc1ccccc1)N(C(C)=O)C(=O)OC(C)(C)C. The van der Waals surface area contributed by atoms with E-state index >= 15 is 0 Å². The molecule has 234 valence electrons. The third-order valence-electron chi connectivity index (χ3n) is 6.36. The quantitative estimate of drug-likeness (QED) is 0.136. The molecule has 0 spiro atoms. The zero-order valence-electron chi connectivity index (χ0n) is 26.8. The molecule has 0 bridgehead atoms. The topological polar surface area (TPSA) is 102 Å². The summed E-state index contributed by atoms with van der Waals surface area (Å²) >= 11 is 1.59. The summed E-state index contributed by atoms with van der Waals surface area (Å²) in [7, 11) is 0. The largest absolute Gasteiger partial charge is 0.458 e. The Bertz CT molecular complexity index is 1130. The van der Waals surface area contributed by atoms with Crippen molar-refractivity contribution in [2.45, 2.75) is 116 Å². The summed E-state index contributed by atoms with van der Waals surface area (Å²) in [6, 6.07) is 8.73. The zero-order chi connectivity index (χ0) is 32.1. The van der Waals surface area contributed by atoms with Crippen molar-refractivity contribution in [1.82, 2.24) is 9.80 Å². The van der Waals surface area contributed by atoms with Crippen LogP contribution in [-0.2, 0) is 29.6 Å². The van der Waals surface area contributed by atoms with Crippen molar-refractivity contribution in [3.8, 4) is 0 Å². The molecule has 0 radical (unpaired) electrons. The van der Waals surface area contributed by atoms with Gasteiger partial charge in [-0.15, -0.1) is 6.58 Å². The molecule has 0 aromatic heterocycles. The molecule has 3 amide bonds. The van der Waals surface area contributed by atoms with E-state index in [1.54, 1.807) is 80.2 Å². The van der Waals surface area contributed by atoms with E-state index in [-0.39, 0.29) is 12.8 Å². The van der Waals surface area contributed by atoms with Gasteiger partial charge in [-0.3, -0.25) is 9.69 Å². The molecule has 3 atom stereocenters. The Labute approximate surface area is 255 Å². The molecule has 42 heavy (non-hydrogen) atoms. The average molecular weight is 605 g/mol. The Hall–Kier alpha value is -3.01. The molecule has 0 saturated carbocycles. The molecule has 0 aliphatic carbocycles. The number of esters is 1. The third kappa shape index (κ3) is 9.24. The van der Waals surface area contributed by atoms with Crippen LogP contribution >= 0.6 is 11.8 Å². The molecular weight excluding hydrogens is 556 g/mol. The molecule has 10 heteroatoms. The number of thioether (sulfide) groups is 1. The number of hydrogen-bond acceptors (Lipinski definition) is 8. The first-order valence-electron chi connectivity index (χ1n) is 14.2. The van der Waals surface area contributed by atoms with E-state index in [9.17, 15) is 19.2 Å². The summed E-state index contributed by atoms with van der Waals surface area (Å²) in [6.07, 6.45) is 0.0367. The number of ether oxygens (including phenoxy) is 3. The number of amides is 3. The summed E-state index contributed by atoms with van der Waals surface area (Å²) in [6.45, 7) is 20.7. The lowest BCUT2D eigenvalue weighted by Crippen LogP contribution is -2.68. The number of carbonyl (C=O) groups is 4. The van der Waals surface area contributed by atoms with E-state index < -0.39 is 58.5 Å². The summed E-state index contributed by atoms with van der Waals surface area (Å²) in [4.78, 5) is 57.2. The molecule has 2 rings (SSSR count). The van der Waals surface area contributed by atoms with Crippen molar-refractivity contribution >= 4 is 35.8 Å². The average Bonchev–Trinajstić information content (AvgIpc) is 3.14. The predicted octanol–water partition coefficient (Wildman–Crippen LogP) is 6.94. The van der Waals surface area contributed by atoms with Crippen molar-refractivity contribution in [3.63, 3.8) is 0 Å². The standard InChI is InChI=1S/C32H48N2O7S/c1-12-24-20-25(26(36)39-29(3,4)5)34(28(38)41-31(9,10)11)32(24,18-19-42-21-23-16-14-13-15-17-23)33(22(2)35)27(37)40-30(6,7)8/h12-17,24-25H,1,18-21H2,2-11H3/t24-,25?,32+/m1/s1. The fraction of sp³-hybridized carbons (Fsp3) is 0.625. The van der Waals surface area contributed by atoms with Crippen LogP contribution in [0.1, 0.15) is 87.6 Å². The van der Waals surface area contributed by atoms with E-state index in [1.807, 2.05) is 30.3 Å². The third-order valence-corrected chi connectivity index (χ3v) is 7.39. The minimum atomic E-state index is -1.65. The Morgan fingerprint density at radius 1 is 0.952 bits per heavy atom. The Morgan fingerprint density at radius 3 is 1.98 bits per heavy atom. The summed E-state index contributed by atoms with van der Waals surface area (Å²) < 4.78 is 17.3. The van der Waals surface area contributed by atoms with Crippen molar-refractivity contribution < 1.29 is 33.4 Å². The number of likely N-dealkylation sites (tertiary alicyclic amines) is 1.